The van der Waals surface area contributed by atoms with Crippen LogP contribution in [0.5, 0.6) is 0 Å². The third-order valence-electron chi connectivity index (χ3n) is 3.05. The maximum absolute atomic E-state index is 12.2. The predicted molar refractivity (Wildman–Crippen MR) is 81.9 cm³/mol. The quantitative estimate of drug-likeness (QED) is 0.904. The van der Waals surface area contributed by atoms with Crippen molar-refractivity contribution < 1.29 is 18.0 Å². The zero-order valence-electron chi connectivity index (χ0n) is 12.9. The van der Waals surface area contributed by atoms with Crippen LogP contribution < -0.4 is 0 Å². The van der Waals surface area contributed by atoms with Crippen molar-refractivity contribution >= 4 is 9.84 Å². The molecule has 0 fully saturated rings. The number of aromatic nitrogens is 2. The summed E-state index contributed by atoms with van der Waals surface area (Å²) in [7, 11) is -3.55. The molecular formula is C15H20N2O4S. The molecule has 0 bridgehead atoms. The van der Waals surface area contributed by atoms with E-state index in [2.05, 4.69) is 10.1 Å². The maximum Gasteiger partial charge on any atom is 0.232 e. The summed E-state index contributed by atoms with van der Waals surface area (Å²) in [5, 5.41) is 13.7. The molecule has 0 spiro atoms. The number of rotatable bonds is 5. The largest absolute Gasteiger partial charge is 0.387 e. The van der Waals surface area contributed by atoms with E-state index in [1.54, 1.807) is 30.3 Å². The number of hydrogen-bond donors (Lipinski definition) is 1. The number of aliphatic hydroxyl groups excluding tert-OH is 1. The molecule has 1 atom stereocenters. The SMILES string of the molecule is CC(C)(C)c1nc(CS(=O)(=O)CC(O)c2ccccc2)no1. The Kier molecular flexibility index (Phi) is 4.67. The van der Waals surface area contributed by atoms with Gasteiger partial charge in [0.25, 0.3) is 0 Å². The van der Waals surface area contributed by atoms with E-state index >= 15 is 0 Å². The molecule has 0 aliphatic carbocycles. The van der Waals surface area contributed by atoms with Crippen LogP contribution in [0.4, 0.5) is 0 Å². The Hall–Kier alpha value is -1.73. The average molecular weight is 324 g/mol. The van der Waals surface area contributed by atoms with E-state index in [4.69, 9.17) is 4.52 Å². The molecule has 0 saturated carbocycles. The summed E-state index contributed by atoms with van der Waals surface area (Å²) in [6, 6.07) is 8.68. The molecule has 1 aromatic carbocycles. The molecule has 0 radical (unpaired) electrons. The average Bonchev–Trinajstić information content (AvgIpc) is 2.86. The van der Waals surface area contributed by atoms with Gasteiger partial charge in [-0.1, -0.05) is 56.3 Å². The van der Waals surface area contributed by atoms with Crippen LogP contribution in [-0.2, 0) is 21.0 Å². The molecule has 22 heavy (non-hydrogen) atoms. The van der Waals surface area contributed by atoms with Crippen molar-refractivity contribution in [2.45, 2.75) is 38.0 Å². The molecule has 1 aromatic heterocycles. The Balaban J connectivity index is 2.07. The summed E-state index contributed by atoms with van der Waals surface area (Å²) in [5.41, 5.74) is 0.230. The van der Waals surface area contributed by atoms with Crippen LogP contribution in [0, 0.1) is 0 Å². The van der Waals surface area contributed by atoms with E-state index in [0.29, 0.717) is 11.5 Å². The first-order chi connectivity index (χ1) is 10.2. The molecular weight excluding hydrogens is 304 g/mol. The first-order valence-corrected chi connectivity index (χ1v) is 8.76. The summed E-state index contributed by atoms with van der Waals surface area (Å²) < 4.78 is 29.4. The van der Waals surface area contributed by atoms with E-state index < -0.39 is 15.9 Å². The molecule has 1 heterocycles. The minimum absolute atomic E-state index is 0.116. The Labute approximate surface area is 130 Å². The summed E-state index contributed by atoms with van der Waals surface area (Å²) in [5.74, 6) is -0.223. The molecule has 0 aliphatic heterocycles. The predicted octanol–water partition coefficient (Wildman–Crippen LogP) is 2.02. The number of benzene rings is 1. The lowest BCUT2D eigenvalue weighted by molar-refractivity contribution is 0.201. The molecule has 1 N–H and O–H groups in total. The van der Waals surface area contributed by atoms with Crippen LogP contribution in [0.1, 0.15) is 44.2 Å². The first kappa shape index (κ1) is 16.6. The van der Waals surface area contributed by atoms with Crippen LogP contribution in [-0.4, -0.2) is 29.4 Å². The molecule has 0 aliphatic rings. The Morgan fingerprint density at radius 3 is 2.41 bits per heavy atom. The fourth-order valence-corrected chi connectivity index (χ4v) is 3.19. The van der Waals surface area contributed by atoms with Gasteiger partial charge in [-0.15, -0.1) is 0 Å². The van der Waals surface area contributed by atoms with Crippen LogP contribution in [0.2, 0.25) is 0 Å². The van der Waals surface area contributed by atoms with Crippen molar-refractivity contribution in [1.82, 2.24) is 10.1 Å². The van der Waals surface area contributed by atoms with E-state index in [-0.39, 0.29) is 22.7 Å². The van der Waals surface area contributed by atoms with Gasteiger partial charge in [0.1, 0.15) is 5.75 Å². The third kappa shape index (κ3) is 4.38. The van der Waals surface area contributed by atoms with Crippen molar-refractivity contribution in [2.75, 3.05) is 5.75 Å². The van der Waals surface area contributed by atoms with E-state index in [9.17, 15) is 13.5 Å². The number of nitrogens with zero attached hydrogens (tertiary/aromatic N) is 2. The third-order valence-corrected chi connectivity index (χ3v) is 4.58. The van der Waals surface area contributed by atoms with Gasteiger partial charge in [-0.2, -0.15) is 4.98 Å². The summed E-state index contributed by atoms with van der Waals surface area (Å²) >= 11 is 0. The molecule has 0 amide bonds. The van der Waals surface area contributed by atoms with Gasteiger partial charge < -0.3 is 9.63 Å². The topological polar surface area (TPSA) is 93.3 Å². The number of aliphatic hydroxyl groups is 1. The number of sulfone groups is 1. The number of hydrogen-bond acceptors (Lipinski definition) is 6. The van der Waals surface area contributed by atoms with Gasteiger partial charge in [0.05, 0.1) is 11.9 Å². The Morgan fingerprint density at radius 1 is 1.23 bits per heavy atom. The minimum Gasteiger partial charge on any atom is -0.387 e. The fourth-order valence-electron chi connectivity index (χ4n) is 1.88. The first-order valence-electron chi connectivity index (χ1n) is 6.94. The molecule has 6 nitrogen and oxygen atoms in total. The second kappa shape index (κ2) is 6.18. The lowest BCUT2D eigenvalue weighted by atomic mass is 9.97. The van der Waals surface area contributed by atoms with Gasteiger partial charge in [0.15, 0.2) is 15.7 Å². The molecule has 0 saturated heterocycles. The van der Waals surface area contributed by atoms with Crippen molar-refractivity contribution in [2.24, 2.45) is 0 Å². The van der Waals surface area contributed by atoms with Crippen molar-refractivity contribution in [1.29, 1.82) is 0 Å². The smallest absolute Gasteiger partial charge is 0.232 e. The van der Waals surface area contributed by atoms with Crippen LogP contribution in [0.15, 0.2) is 34.9 Å². The maximum atomic E-state index is 12.2. The molecule has 2 rings (SSSR count). The van der Waals surface area contributed by atoms with Gasteiger partial charge >= 0.3 is 0 Å². The van der Waals surface area contributed by atoms with Gasteiger partial charge in [-0.25, -0.2) is 8.42 Å². The van der Waals surface area contributed by atoms with Gasteiger partial charge in [0.2, 0.25) is 5.89 Å². The lowest BCUT2D eigenvalue weighted by Crippen LogP contribution is -2.17. The zero-order valence-corrected chi connectivity index (χ0v) is 13.7. The van der Waals surface area contributed by atoms with Crippen molar-refractivity contribution in [3.05, 3.63) is 47.6 Å². The second-order valence-electron chi connectivity index (χ2n) is 6.25. The highest BCUT2D eigenvalue weighted by atomic mass is 32.2. The standard InChI is InChI=1S/C15H20N2O4S/c1-15(2,3)14-16-13(17-21-14)10-22(19,20)9-12(18)11-7-5-4-6-8-11/h4-8,12,18H,9-10H2,1-3H3. The summed E-state index contributed by atoms with van der Waals surface area (Å²) in [6.45, 7) is 5.70. The van der Waals surface area contributed by atoms with Gasteiger partial charge in [0, 0.05) is 5.41 Å². The highest BCUT2D eigenvalue weighted by Crippen LogP contribution is 2.21. The summed E-state index contributed by atoms with van der Waals surface area (Å²) in [6.07, 6.45) is -1.07. The molecule has 2 aromatic rings. The van der Waals surface area contributed by atoms with E-state index in [0.717, 1.165) is 0 Å². The van der Waals surface area contributed by atoms with Crippen molar-refractivity contribution in [3.63, 3.8) is 0 Å². The highest BCUT2D eigenvalue weighted by Gasteiger charge is 2.25. The Bertz CT molecular complexity index is 718. The normalized spacial score (nSPS) is 14.0. The van der Waals surface area contributed by atoms with E-state index in [1.165, 1.54) is 0 Å². The second-order valence-corrected chi connectivity index (χ2v) is 8.36. The van der Waals surface area contributed by atoms with Gasteiger partial charge in [-0.05, 0) is 5.56 Å². The van der Waals surface area contributed by atoms with Crippen LogP contribution in [0.3, 0.4) is 0 Å². The van der Waals surface area contributed by atoms with E-state index in [1.807, 2.05) is 20.8 Å². The van der Waals surface area contributed by atoms with Gasteiger partial charge in [-0.3, -0.25) is 0 Å². The fraction of sp³-hybridized carbons (Fsp3) is 0.467. The Morgan fingerprint density at radius 2 is 1.86 bits per heavy atom. The summed E-state index contributed by atoms with van der Waals surface area (Å²) in [4.78, 5) is 4.11. The zero-order chi connectivity index (χ0) is 16.4. The van der Waals surface area contributed by atoms with Crippen LogP contribution in [0.25, 0.3) is 0 Å². The molecule has 120 valence electrons. The minimum atomic E-state index is -3.55. The lowest BCUT2D eigenvalue weighted by Gasteiger charge is -2.11. The monoisotopic (exact) mass is 324 g/mol. The molecule has 7 heteroatoms. The molecule has 1 unspecified atom stereocenters. The highest BCUT2D eigenvalue weighted by molar-refractivity contribution is 7.90. The van der Waals surface area contributed by atoms with Crippen molar-refractivity contribution in [3.8, 4) is 0 Å². The van der Waals surface area contributed by atoms with Crippen LogP contribution >= 0.6 is 0 Å².